The average molecular weight is 290 g/mol. The van der Waals surface area contributed by atoms with Gasteiger partial charge >= 0.3 is 0 Å². The van der Waals surface area contributed by atoms with Crippen LogP contribution in [0.1, 0.15) is 31.6 Å². The van der Waals surface area contributed by atoms with Gasteiger partial charge in [-0.2, -0.15) is 4.98 Å². The summed E-state index contributed by atoms with van der Waals surface area (Å²) >= 11 is 1.75. The third-order valence-corrected chi connectivity index (χ3v) is 4.86. The van der Waals surface area contributed by atoms with Gasteiger partial charge in [0.1, 0.15) is 10.6 Å². The predicted molar refractivity (Wildman–Crippen MR) is 86.9 cm³/mol. The number of anilines is 2. The minimum Gasteiger partial charge on any atom is -0.356 e. The highest BCUT2D eigenvalue weighted by Crippen LogP contribution is 2.33. The smallest absolute Gasteiger partial charge is 0.226 e. The molecule has 108 valence electrons. The summed E-state index contributed by atoms with van der Waals surface area (Å²) in [4.78, 5) is 14.2. The molecule has 0 amide bonds. The van der Waals surface area contributed by atoms with E-state index in [0.29, 0.717) is 0 Å². The van der Waals surface area contributed by atoms with Gasteiger partial charge in [0.2, 0.25) is 5.95 Å². The molecule has 5 heteroatoms. The number of piperidine rings is 1. The van der Waals surface area contributed by atoms with Crippen molar-refractivity contribution >= 4 is 33.3 Å². The molecule has 3 heterocycles. The van der Waals surface area contributed by atoms with Crippen molar-refractivity contribution in [2.24, 2.45) is 5.92 Å². The van der Waals surface area contributed by atoms with E-state index in [9.17, 15) is 0 Å². The molecule has 0 radical (unpaired) electrons. The number of rotatable bonds is 3. The zero-order valence-electron chi connectivity index (χ0n) is 12.4. The Labute approximate surface area is 124 Å². The van der Waals surface area contributed by atoms with Gasteiger partial charge < -0.3 is 10.2 Å². The summed E-state index contributed by atoms with van der Waals surface area (Å²) in [5.41, 5.74) is 0. The first-order valence-electron chi connectivity index (χ1n) is 7.44. The van der Waals surface area contributed by atoms with E-state index in [0.717, 1.165) is 42.1 Å². The first-order valence-corrected chi connectivity index (χ1v) is 8.26. The van der Waals surface area contributed by atoms with E-state index in [1.807, 2.05) is 0 Å². The molecular weight excluding hydrogens is 268 g/mol. The maximum absolute atomic E-state index is 4.76. The summed E-state index contributed by atoms with van der Waals surface area (Å²) in [7, 11) is 0. The van der Waals surface area contributed by atoms with E-state index >= 15 is 0 Å². The lowest BCUT2D eigenvalue weighted by molar-refractivity contribution is 0.437. The summed E-state index contributed by atoms with van der Waals surface area (Å²) in [5, 5.41) is 4.47. The Hall–Kier alpha value is -1.36. The molecule has 2 aromatic heterocycles. The minimum atomic E-state index is 0.760. The van der Waals surface area contributed by atoms with Gasteiger partial charge in [0.05, 0.1) is 5.39 Å². The van der Waals surface area contributed by atoms with Crippen LogP contribution >= 0.6 is 11.3 Å². The molecule has 0 unspecified atom stereocenters. The van der Waals surface area contributed by atoms with Gasteiger partial charge in [0, 0.05) is 24.5 Å². The standard InChI is InChI=1S/C15H22N4S/c1-4-16-15-17-13(19-7-5-10(2)6-8-19)12-9-11(3)20-14(12)18-15/h9-10H,4-8H2,1-3H3,(H,16,17,18). The van der Waals surface area contributed by atoms with Gasteiger partial charge in [-0.1, -0.05) is 6.92 Å². The first kappa shape index (κ1) is 13.6. The molecule has 1 aliphatic rings. The lowest BCUT2D eigenvalue weighted by Gasteiger charge is -2.31. The molecule has 0 aliphatic carbocycles. The van der Waals surface area contributed by atoms with E-state index in [1.165, 1.54) is 23.1 Å². The number of nitrogens with zero attached hydrogens (tertiary/aromatic N) is 3. The summed E-state index contributed by atoms with van der Waals surface area (Å²) in [6.07, 6.45) is 2.51. The first-order chi connectivity index (χ1) is 9.67. The molecule has 1 aliphatic heterocycles. The topological polar surface area (TPSA) is 41.1 Å². The molecule has 3 rings (SSSR count). The van der Waals surface area contributed by atoms with Gasteiger partial charge in [0.15, 0.2) is 0 Å². The van der Waals surface area contributed by atoms with Crippen LogP contribution in [0.3, 0.4) is 0 Å². The number of thiophene rings is 1. The Bertz CT molecular complexity index is 599. The molecule has 1 fully saturated rings. The fraction of sp³-hybridized carbons (Fsp3) is 0.600. The van der Waals surface area contributed by atoms with Crippen LogP contribution in [0, 0.1) is 12.8 Å². The van der Waals surface area contributed by atoms with E-state index in [-0.39, 0.29) is 0 Å². The maximum Gasteiger partial charge on any atom is 0.226 e. The zero-order valence-corrected chi connectivity index (χ0v) is 13.3. The van der Waals surface area contributed by atoms with Gasteiger partial charge in [-0.05, 0) is 38.7 Å². The summed E-state index contributed by atoms with van der Waals surface area (Å²) in [6, 6.07) is 2.23. The molecule has 0 aromatic carbocycles. The van der Waals surface area contributed by atoms with Crippen LogP contribution in [0.15, 0.2) is 6.07 Å². The molecule has 0 atom stereocenters. The van der Waals surface area contributed by atoms with Crippen molar-refractivity contribution < 1.29 is 0 Å². The highest BCUT2D eigenvalue weighted by Gasteiger charge is 2.21. The monoisotopic (exact) mass is 290 g/mol. The molecule has 20 heavy (non-hydrogen) atoms. The van der Waals surface area contributed by atoms with Crippen molar-refractivity contribution in [3.05, 3.63) is 10.9 Å². The number of hydrogen-bond donors (Lipinski definition) is 1. The van der Waals surface area contributed by atoms with Gasteiger partial charge in [-0.25, -0.2) is 4.98 Å². The SMILES string of the molecule is CCNc1nc(N2CCC(C)CC2)c2cc(C)sc2n1. The second kappa shape index (κ2) is 5.56. The summed E-state index contributed by atoms with van der Waals surface area (Å²) < 4.78 is 0. The number of aromatic nitrogens is 2. The average Bonchev–Trinajstić information content (AvgIpc) is 2.79. The second-order valence-corrected chi connectivity index (χ2v) is 6.88. The van der Waals surface area contributed by atoms with Crippen molar-refractivity contribution in [1.29, 1.82) is 0 Å². The van der Waals surface area contributed by atoms with E-state index in [1.54, 1.807) is 11.3 Å². The Morgan fingerprint density at radius 1 is 1.35 bits per heavy atom. The van der Waals surface area contributed by atoms with Gasteiger partial charge in [-0.3, -0.25) is 0 Å². The Balaban J connectivity index is 2.02. The van der Waals surface area contributed by atoms with Crippen molar-refractivity contribution in [3.8, 4) is 0 Å². The normalized spacial score (nSPS) is 16.9. The molecule has 1 saturated heterocycles. The Morgan fingerprint density at radius 2 is 2.10 bits per heavy atom. The largest absolute Gasteiger partial charge is 0.356 e. The number of nitrogens with one attached hydrogen (secondary N) is 1. The van der Waals surface area contributed by atoms with Crippen LogP contribution in [0.2, 0.25) is 0 Å². The van der Waals surface area contributed by atoms with Crippen molar-refractivity contribution in [3.63, 3.8) is 0 Å². The van der Waals surface area contributed by atoms with E-state index in [4.69, 9.17) is 4.98 Å². The van der Waals surface area contributed by atoms with Crippen molar-refractivity contribution in [2.45, 2.75) is 33.6 Å². The molecule has 0 spiro atoms. The maximum atomic E-state index is 4.76. The third-order valence-electron chi connectivity index (χ3n) is 3.91. The van der Waals surface area contributed by atoms with Gasteiger partial charge in [0.25, 0.3) is 0 Å². The predicted octanol–water partition coefficient (Wildman–Crippen LogP) is 3.67. The fourth-order valence-corrected chi connectivity index (χ4v) is 3.60. The third kappa shape index (κ3) is 2.59. The highest BCUT2D eigenvalue weighted by molar-refractivity contribution is 7.18. The van der Waals surface area contributed by atoms with Crippen LogP contribution in [-0.2, 0) is 0 Å². The number of hydrogen-bond acceptors (Lipinski definition) is 5. The summed E-state index contributed by atoms with van der Waals surface area (Å²) in [6.45, 7) is 9.62. The highest BCUT2D eigenvalue weighted by atomic mass is 32.1. The molecular formula is C15H22N4S. The van der Waals surface area contributed by atoms with Crippen LogP contribution in [0.4, 0.5) is 11.8 Å². The van der Waals surface area contributed by atoms with Crippen LogP contribution in [0.25, 0.3) is 10.2 Å². The Morgan fingerprint density at radius 3 is 2.80 bits per heavy atom. The van der Waals surface area contributed by atoms with Gasteiger partial charge in [-0.15, -0.1) is 11.3 Å². The zero-order chi connectivity index (χ0) is 14.1. The van der Waals surface area contributed by atoms with Crippen LogP contribution in [-0.4, -0.2) is 29.6 Å². The van der Waals surface area contributed by atoms with Crippen molar-refractivity contribution in [2.75, 3.05) is 29.9 Å². The lowest BCUT2D eigenvalue weighted by atomic mass is 9.99. The fourth-order valence-electron chi connectivity index (χ4n) is 2.73. The Kier molecular flexibility index (Phi) is 3.78. The summed E-state index contributed by atoms with van der Waals surface area (Å²) in [5.74, 6) is 2.71. The van der Waals surface area contributed by atoms with E-state index < -0.39 is 0 Å². The number of aryl methyl sites for hydroxylation is 1. The molecule has 1 N–H and O–H groups in total. The molecule has 0 bridgehead atoms. The van der Waals surface area contributed by atoms with Crippen molar-refractivity contribution in [1.82, 2.24) is 9.97 Å². The van der Waals surface area contributed by atoms with Crippen LogP contribution < -0.4 is 10.2 Å². The molecule has 2 aromatic rings. The quantitative estimate of drug-likeness (QED) is 0.936. The van der Waals surface area contributed by atoms with E-state index in [2.05, 4.69) is 42.0 Å². The second-order valence-electron chi connectivity index (χ2n) is 5.65. The number of fused-ring (bicyclic) bond motifs is 1. The molecule has 0 saturated carbocycles. The lowest BCUT2D eigenvalue weighted by Crippen LogP contribution is -2.33. The molecule has 4 nitrogen and oxygen atoms in total. The van der Waals surface area contributed by atoms with Crippen LogP contribution in [0.5, 0.6) is 0 Å². The minimum absolute atomic E-state index is 0.760.